The molecule has 0 spiro atoms. The lowest BCUT2D eigenvalue weighted by Gasteiger charge is -2.04. The van der Waals surface area contributed by atoms with Crippen molar-refractivity contribution in [1.29, 1.82) is 0 Å². The van der Waals surface area contributed by atoms with E-state index in [4.69, 9.17) is 5.73 Å². The van der Waals surface area contributed by atoms with Crippen LogP contribution in [0.4, 0.5) is 10.5 Å². The summed E-state index contributed by atoms with van der Waals surface area (Å²) in [5.41, 5.74) is 8.04. The van der Waals surface area contributed by atoms with E-state index in [9.17, 15) is 4.79 Å². The zero-order valence-electron chi connectivity index (χ0n) is 7.63. The molecule has 1 aromatic carbocycles. The Morgan fingerprint density at radius 2 is 1.92 bits per heavy atom. The van der Waals surface area contributed by atoms with Crippen LogP contribution in [0.15, 0.2) is 18.2 Å². The number of urea groups is 1. The van der Waals surface area contributed by atoms with Crippen molar-refractivity contribution in [2.24, 2.45) is 5.73 Å². The van der Waals surface area contributed by atoms with E-state index in [1.807, 2.05) is 32.0 Å². The highest BCUT2D eigenvalue weighted by Crippen LogP contribution is 2.13. The highest BCUT2D eigenvalue weighted by Gasteiger charge is 1.97. The predicted octanol–water partition coefficient (Wildman–Crippen LogP) is 2.22. The number of anilines is 1. The molecule has 1 aromatic rings. The molecule has 4 heteroatoms. The quantitative estimate of drug-likeness (QED) is 0.718. The number of halogens is 1. The number of nitrogens with one attached hydrogen (secondary N) is 1. The fourth-order valence-electron chi connectivity index (χ4n) is 0.961. The van der Waals surface area contributed by atoms with Gasteiger partial charge in [0, 0.05) is 5.69 Å². The normalized spacial score (nSPS) is 8.77. The van der Waals surface area contributed by atoms with E-state index in [0.717, 1.165) is 11.3 Å². The molecule has 0 aliphatic heterocycles. The molecule has 0 fully saturated rings. The summed E-state index contributed by atoms with van der Waals surface area (Å²) in [6.45, 7) is 4.00. The van der Waals surface area contributed by atoms with Gasteiger partial charge >= 0.3 is 6.03 Å². The van der Waals surface area contributed by atoms with Crippen molar-refractivity contribution < 1.29 is 4.79 Å². The van der Waals surface area contributed by atoms with Crippen molar-refractivity contribution in [3.63, 3.8) is 0 Å². The van der Waals surface area contributed by atoms with Gasteiger partial charge in [-0.1, -0.05) is 6.07 Å². The molecule has 0 radical (unpaired) electrons. The van der Waals surface area contributed by atoms with Crippen molar-refractivity contribution in [3.8, 4) is 0 Å². The van der Waals surface area contributed by atoms with Gasteiger partial charge in [-0.3, -0.25) is 0 Å². The monoisotopic (exact) mass is 200 g/mol. The van der Waals surface area contributed by atoms with Crippen LogP contribution in [-0.4, -0.2) is 6.03 Å². The average Bonchev–Trinajstić information content (AvgIpc) is 1.96. The van der Waals surface area contributed by atoms with E-state index < -0.39 is 6.03 Å². The number of hydrogen-bond donors (Lipinski definition) is 2. The molecular formula is C9H13ClN2O. The zero-order valence-corrected chi connectivity index (χ0v) is 8.44. The van der Waals surface area contributed by atoms with Gasteiger partial charge in [-0.05, 0) is 37.1 Å². The molecule has 0 bridgehead atoms. The molecule has 3 nitrogen and oxygen atoms in total. The lowest BCUT2D eigenvalue weighted by molar-refractivity contribution is 0.259. The van der Waals surface area contributed by atoms with E-state index in [0.29, 0.717) is 0 Å². The van der Waals surface area contributed by atoms with Gasteiger partial charge in [-0.15, -0.1) is 12.4 Å². The van der Waals surface area contributed by atoms with Gasteiger partial charge in [0.05, 0.1) is 0 Å². The maximum Gasteiger partial charge on any atom is 0.316 e. The zero-order chi connectivity index (χ0) is 9.14. The van der Waals surface area contributed by atoms with E-state index in [1.165, 1.54) is 5.56 Å². The van der Waals surface area contributed by atoms with Crippen molar-refractivity contribution in [2.75, 3.05) is 5.32 Å². The van der Waals surface area contributed by atoms with Crippen LogP contribution < -0.4 is 11.1 Å². The first-order chi connectivity index (χ1) is 5.59. The molecular weight excluding hydrogens is 188 g/mol. The van der Waals surface area contributed by atoms with E-state index in [-0.39, 0.29) is 12.4 Å². The Morgan fingerprint density at radius 1 is 1.31 bits per heavy atom. The van der Waals surface area contributed by atoms with Crippen LogP contribution in [0.2, 0.25) is 0 Å². The van der Waals surface area contributed by atoms with Gasteiger partial charge in [0.1, 0.15) is 0 Å². The van der Waals surface area contributed by atoms with E-state index in [2.05, 4.69) is 5.32 Å². The SMILES string of the molecule is Cc1ccc(NC(N)=O)cc1C.Cl. The standard InChI is InChI=1S/C9H12N2O.ClH/c1-6-3-4-8(5-7(6)2)11-9(10)12;/h3-5H,1-2H3,(H3,10,11,12);1H. The molecule has 0 saturated carbocycles. The summed E-state index contributed by atoms with van der Waals surface area (Å²) in [6, 6.07) is 5.13. The Morgan fingerprint density at radius 3 is 2.38 bits per heavy atom. The summed E-state index contributed by atoms with van der Waals surface area (Å²) in [7, 11) is 0. The van der Waals surface area contributed by atoms with Crippen molar-refractivity contribution in [2.45, 2.75) is 13.8 Å². The van der Waals surface area contributed by atoms with Crippen LogP contribution in [-0.2, 0) is 0 Å². The van der Waals surface area contributed by atoms with Crippen molar-refractivity contribution in [3.05, 3.63) is 29.3 Å². The predicted molar refractivity (Wildman–Crippen MR) is 56.4 cm³/mol. The van der Waals surface area contributed by atoms with Crippen LogP contribution in [0.25, 0.3) is 0 Å². The van der Waals surface area contributed by atoms with Crippen LogP contribution in [0, 0.1) is 13.8 Å². The number of amides is 2. The number of carbonyl (C=O) groups excluding carboxylic acids is 1. The third-order valence-electron chi connectivity index (χ3n) is 1.77. The minimum Gasteiger partial charge on any atom is -0.351 e. The summed E-state index contributed by atoms with van der Waals surface area (Å²) in [6.07, 6.45) is 0. The van der Waals surface area contributed by atoms with Gasteiger partial charge < -0.3 is 11.1 Å². The molecule has 72 valence electrons. The molecule has 0 aliphatic carbocycles. The van der Waals surface area contributed by atoms with Gasteiger partial charge in [-0.25, -0.2) is 4.79 Å². The number of rotatable bonds is 1. The first-order valence-electron chi connectivity index (χ1n) is 3.73. The molecule has 1 rings (SSSR count). The maximum absolute atomic E-state index is 10.5. The highest BCUT2D eigenvalue weighted by molar-refractivity contribution is 5.87. The second kappa shape index (κ2) is 4.72. The molecule has 0 aliphatic rings. The second-order valence-corrected chi connectivity index (χ2v) is 2.79. The summed E-state index contributed by atoms with van der Waals surface area (Å²) >= 11 is 0. The van der Waals surface area contributed by atoms with Crippen LogP contribution in [0.5, 0.6) is 0 Å². The Labute approximate surface area is 83.7 Å². The number of nitrogens with two attached hydrogens (primary N) is 1. The van der Waals surface area contributed by atoms with E-state index in [1.54, 1.807) is 0 Å². The summed E-state index contributed by atoms with van der Waals surface area (Å²) in [4.78, 5) is 10.5. The molecule has 3 N–H and O–H groups in total. The molecule has 0 saturated heterocycles. The fraction of sp³-hybridized carbons (Fsp3) is 0.222. The average molecular weight is 201 g/mol. The summed E-state index contributed by atoms with van der Waals surface area (Å²) < 4.78 is 0. The number of primary amides is 1. The summed E-state index contributed by atoms with van der Waals surface area (Å²) in [5, 5.41) is 2.51. The van der Waals surface area contributed by atoms with Crippen molar-refractivity contribution >= 4 is 24.1 Å². The number of benzene rings is 1. The molecule has 0 aromatic heterocycles. The number of carbonyl (C=O) groups is 1. The second-order valence-electron chi connectivity index (χ2n) is 2.79. The topological polar surface area (TPSA) is 55.1 Å². The van der Waals surface area contributed by atoms with Crippen LogP contribution >= 0.6 is 12.4 Å². The van der Waals surface area contributed by atoms with Gasteiger partial charge in [0.15, 0.2) is 0 Å². The first kappa shape index (κ1) is 11.8. The molecule has 2 amide bonds. The number of aryl methyl sites for hydroxylation is 2. The Balaban J connectivity index is 0.00000144. The van der Waals surface area contributed by atoms with E-state index >= 15 is 0 Å². The molecule has 13 heavy (non-hydrogen) atoms. The lowest BCUT2D eigenvalue weighted by Crippen LogP contribution is -2.19. The highest BCUT2D eigenvalue weighted by atomic mass is 35.5. The minimum atomic E-state index is -0.529. The summed E-state index contributed by atoms with van der Waals surface area (Å²) in [5.74, 6) is 0. The fourth-order valence-corrected chi connectivity index (χ4v) is 0.961. The third kappa shape index (κ3) is 3.34. The number of hydrogen-bond acceptors (Lipinski definition) is 1. The minimum absolute atomic E-state index is 0. The van der Waals surface area contributed by atoms with Crippen molar-refractivity contribution in [1.82, 2.24) is 0 Å². The van der Waals surface area contributed by atoms with Crippen LogP contribution in [0.1, 0.15) is 11.1 Å². The Bertz CT molecular complexity index is 312. The van der Waals surface area contributed by atoms with Gasteiger partial charge in [-0.2, -0.15) is 0 Å². The Kier molecular flexibility index (Phi) is 4.28. The van der Waals surface area contributed by atoms with Crippen LogP contribution in [0.3, 0.4) is 0 Å². The smallest absolute Gasteiger partial charge is 0.316 e. The lowest BCUT2D eigenvalue weighted by atomic mass is 10.1. The van der Waals surface area contributed by atoms with Gasteiger partial charge in [0.25, 0.3) is 0 Å². The largest absolute Gasteiger partial charge is 0.351 e. The van der Waals surface area contributed by atoms with Gasteiger partial charge in [0.2, 0.25) is 0 Å². The molecule has 0 heterocycles. The first-order valence-corrected chi connectivity index (χ1v) is 3.73. The third-order valence-corrected chi connectivity index (χ3v) is 1.77. The Hall–Kier alpha value is -1.22. The molecule has 0 unspecified atom stereocenters. The maximum atomic E-state index is 10.5. The molecule has 0 atom stereocenters.